The van der Waals surface area contributed by atoms with E-state index in [9.17, 15) is 0 Å². The van der Waals surface area contributed by atoms with Gasteiger partial charge >= 0.3 is 0 Å². The van der Waals surface area contributed by atoms with E-state index < -0.39 is 0 Å². The first-order chi connectivity index (χ1) is 9.28. The number of hydrogen-bond donors (Lipinski definition) is 1. The van der Waals surface area contributed by atoms with Gasteiger partial charge in [0.25, 0.3) is 0 Å². The summed E-state index contributed by atoms with van der Waals surface area (Å²) in [6.07, 6.45) is 5.46. The van der Waals surface area contributed by atoms with Crippen LogP contribution in [-0.2, 0) is 0 Å². The summed E-state index contributed by atoms with van der Waals surface area (Å²) in [4.78, 5) is 6.91. The number of nitrogens with zero attached hydrogens (tertiary/aromatic N) is 2. The van der Waals surface area contributed by atoms with Crippen LogP contribution >= 0.6 is 0 Å². The molecule has 2 heterocycles. The average Bonchev–Trinajstić information content (AvgIpc) is 2.82. The summed E-state index contributed by atoms with van der Waals surface area (Å²) >= 11 is 0. The van der Waals surface area contributed by atoms with Crippen LogP contribution in [0.25, 0.3) is 0 Å². The quantitative estimate of drug-likeness (QED) is 0.904. The summed E-state index contributed by atoms with van der Waals surface area (Å²) in [6, 6.07) is 4.35. The topological polar surface area (TPSA) is 51.4 Å². The van der Waals surface area contributed by atoms with Gasteiger partial charge in [0.15, 0.2) is 11.6 Å². The van der Waals surface area contributed by atoms with Gasteiger partial charge in [-0.3, -0.25) is 0 Å². The van der Waals surface area contributed by atoms with Gasteiger partial charge in [-0.15, -0.1) is 0 Å². The molecule has 0 spiro atoms. The van der Waals surface area contributed by atoms with E-state index in [1.54, 1.807) is 0 Å². The van der Waals surface area contributed by atoms with Gasteiger partial charge in [-0.1, -0.05) is 0 Å². The summed E-state index contributed by atoms with van der Waals surface area (Å²) in [6.45, 7) is 4.88. The number of pyridine rings is 1. The molecule has 3 rings (SSSR count). The van der Waals surface area contributed by atoms with Crippen molar-refractivity contribution in [3.8, 4) is 5.75 Å². The molecule has 1 aliphatic heterocycles. The molecule has 19 heavy (non-hydrogen) atoms. The second kappa shape index (κ2) is 5.37. The van der Waals surface area contributed by atoms with Gasteiger partial charge in [0.2, 0.25) is 0 Å². The molecule has 0 aromatic carbocycles. The first kappa shape index (κ1) is 12.7. The van der Waals surface area contributed by atoms with Gasteiger partial charge in [-0.25, -0.2) is 4.98 Å². The maximum Gasteiger partial charge on any atom is 0.171 e. The van der Waals surface area contributed by atoms with E-state index in [1.807, 2.05) is 25.3 Å². The summed E-state index contributed by atoms with van der Waals surface area (Å²) in [5, 5.41) is 0. The number of anilines is 1. The third-order valence-electron chi connectivity index (χ3n) is 4.44. The van der Waals surface area contributed by atoms with Gasteiger partial charge in [0.1, 0.15) is 0 Å². The SMILES string of the molecule is CCOc1cccnc1N1C[C@H]2CCC(N)C[C@H]2C1. The minimum absolute atomic E-state index is 0.399. The molecule has 1 aromatic rings. The lowest BCUT2D eigenvalue weighted by atomic mass is 9.79. The molecule has 1 unspecified atom stereocenters. The molecule has 0 radical (unpaired) electrons. The standard InChI is InChI=1S/C15H23N3O/c1-2-19-14-4-3-7-17-15(14)18-9-11-5-6-13(16)8-12(11)10-18/h3-4,7,11-13H,2,5-6,8-10,16H2,1H3/t11-,12+,13?/m1/s1. The fourth-order valence-corrected chi connectivity index (χ4v) is 3.53. The highest BCUT2D eigenvalue weighted by atomic mass is 16.5. The lowest BCUT2D eigenvalue weighted by molar-refractivity contribution is 0.271. The molecule has 2 aliphatic rings. The van der Waals surface area contributed by atoms with Crippen molar-refractivity contribution >= 4 is 5.82 Å². The zero-order chi connectivity index (χ0) is 13.2. The van der Waals surface area contributed by atoms with E-state index in [4.69, 9.17) is 10.5 Å². The molecule has 104 valence electrons. The molecule has 1 aromatic heterocycles. The Morgan fingerprint density at radius 1 is 1.37 bits per heavy atom. The van der Waals surface area contributed by atoms with E-state index in [0.717, 1.165) is 42.9 Å². The highest BCUT2D eigenvalue weighted by Gasteiger charge is 2.37. The summed E-state index contributed by atoms with van der Waals surface area (Å²) in [5.74, 6) is 3.44. The van der Waals surface area contributed by atoms with Crippen molar-refractivity contribution < 1.29 is 4.74 Å². The van der Waals surface area contributed by atoms with E-state index in [1.165, 1.54) is 12.8 Å². The number of nitrogens with two attached hydrogens (primary N) is 1. The predicted molar refractivity (Wildman–Crippen MR) is 76.4 cm³/mol. The van der Waals surface area contributed by atoms with Crippen molar-refractivity contribution in [2.45, 2.75) is 32.2 Å². The summed E-state index contributed by atoms with van der Waals surface area (Å²) in [5.41, 5.74) is 6.09. The van der Waals surface area contributed by atoms with Crippen molar-refractivity contribution in [3.63, 3.8) is 0 Å². The minimum atomic E-state index is 0.399. The predicted octanol–water partition coefficient (Wildman–Crippen LogP) is 2.04. The Labute approximate surface area is 115 Å². The molecule has 2 fully saturated rings. The van der Waals surface area contributed by atoms with Crippen LogP contribution in [0, 0.1) is 11.8 Å². The molecule has 2 N–H and O–H groups in total. The highest BCUT2D eigenvalue weighted by Crippen LogP contribution is 2.39. The van der Waals surface area contributed by atoms with Crippen molar-refractivity contribution in [3.05, 3.63) is 18.3 Å². The second-order valence-electron chi connectivity index (χ2n) is 5.76. The summed E-state index contributed by atoms with van der Waals surface area (Å²) in [7, 11) is 0. The average molecular weight is 261 g/mol. The number of hydrogen-bond acceptors (Lipinski definition) is 4. The Hall–Kier alpha value is -1.29. The molecule has 0 bridgehead atoms. The van der Waals surface area contributed by atoms with E-state index >= 15 is 0 Å². The van der Waals surface area contributed by atoms with Gasteiger partial charge in [-0.2, -0.15) is 0 Å². The largest absolute Gasteiger partial charge is 0.490 e. The minimum Gasteiger partial charge on any atom is -0.490 e. The monoisotopic (exact) mass is 261 g/mol. The molecule has 3 atom stereocenters. The fraction of sp³-hybridized carbons (Fsp3) is 0.667. The Morgan fingerprint density at radius 3 is 3.05 bits per heavy atom. The molecule has 4 heteroatoms. The fourth-order valence-electron chi connectivity index (χ4n) is 3.53. The Balaban J connectivity index is 1.77. The van der Waals surface area contributed by atoms with Crippen LogP contribution in [0.3, 0.4) is 0 Å². The molecule has 4 nitrogen and oxygen atoms in total. The van der Waals surface area contributed by atoms with Crippen LogP contribution in [0.2, 0.25) is 0 Å². The smallest absolute Gasteiger partial charge is 0.171 e. The van der Waals surface area contributed by atoms with Gasteiger partial charge in [-0.05, 0) is 50.2 Å². The third-order valence-corrected chi connectivity index (χ3v) is 4.44. The Kier molecular flexibility index (Phi) is 3.60. The second-order valence-corrected chi connectivity index (χ2v) is 5.76. The Bertz CT molecular complexity index is 437. The van der Waals surface area contributed by atoms with Crippen molar-refractivity contribution in [1.29, 1.82) is 0 Å². The van der Waals surface area contributed by atoms with Gasteiger partial charge < -0.3 is 15.4 Å². The molecule has 1 saturated carbocycles. The van der Waals surface area contributed by atoms with Crippen molar-refractivity contribution in [1.82, 2.24) is 4.98 Å². The maximum absolute atomic E-state index is 6.09. The van der Waals surface area contributed by atoms with Crippen LogP contribution < -0.4 is 15.4 Å². The maximum atomic E-state index is 6.09. The van der Waals surface area contributed by atoms with Crippen molar-refractivity contribution in [2.75, 3.05) is 24.6 Å². The number of fused-ring (bicyclic) bond motifs is 1. The molecule has 0 amide bonds. The third kappa shape index (κ3) is 2.54. The first-order valence-electron chi connectivity index (χ1n) is 7.36. The lowest BCUT2D eigenvalue weighted by Crippen LogP contribution is -2.32. The first-order valence-corrected chi connectivity index (χ1v) is 7.36. The zero-order valence-corrected chi connectivity index (χ0v) is 11.6. The van der Waals surface area contributed by atoms with Crippen LogP contribution in [-0.4, -0.2) is 30.7 Å². The van der Waals surface area contributed by atoms with E-state index in [2.05, 4.69) is 9.88 Å². The molecule has 1 aliphatic carbocycles. The normalized spacial score (nSPS) is 30.2. The number of ether oxygens (including phenoxy) is 1. The van der Waals surface area contributed by atoms with Gasteiger partial charge in [0.05, 0.1) is 6.61 Å². The Morgan fingerprint density at radius 2 is 2.21 bits per heavy atom. The number of rotatable bonds is 3. The van der Waals surface area contributed by atoms with Crippen LogP contribution in [0.5, 0.6) is 5.75 Å². The molecular formula is C15H23N3O. The molecular weight excluding hydrogens is 238 g/mol. The van der Waals surface area contributed by atoms with Gasteiger partial charge in [0, 0.05) is 25.3 Å². The molecule has 1 saturated heterocycles. The van der Waals surface area contributed by atoms with Crippen molar-refractivity contribution in [2.24, 2.45) is 17.6 Å². The summed E-state index contributed by atoms with van der Waals surface area (Å²) < 4.78 is 5.70. The zero-order valence-electron chi connectivity index (χ0n) is 11.6. The van der Waals surface area contributed by atoms with Crippen LogP contribution in [0.15, 0.2) is 18.3 Å². The lowest BCUT2D eigenvalue weighted by Gasteiger charge is -2.27. The van der Waals surface area contributed by atoms with E-state index in [0.29, 0.717) is 12.6 Å². The van der Waals surface area contributed by atoms with Crippen LogP contribution in [0.4, 0.5) is 5.82 Å². The van der Waals surface area contributed by atoms with Crippen LogP contribution in [0.1, 0.15) is 26.2 Å². The van der Waals surface area contributed by atoms with E-state index in [-0.39, 0.29) is 0 Å². The number of aromatic nitrogens is 1. The highest BCUT2D eigenvalue weighted by molar-refractivity contribution is 5.53.